The third kappa shape index (κ3) is 5.99. The third-order valence-corrected chi connectivity index (χ3v) is 6.10. The SMILES string of the molecule is COC(=O)CNC(=O)c1ccc2[nH]c(CC(O)(CC(C)(C)c3cc(F)ccc3OC)C(F)F)cc2c1. The highest BCUT2D eigenvalue weighted by molar-refractivity contribution is 5.99. The number of hydrogen-bond donors (Lipinski definition) is 3. The maximum atomic E-state index is 14.2. The fourth-order valence-corrected chi connectivity index (χ4v) is 4.37. The zero-order chi connectivity index (χ0) is 26.7. The Labute approximate surface area is 206 Å². The molecule has 0 bridgehead atoms. The molecule has 3 N–H and O–H groups in total. The van der Waals surface area contributed by atoms with E-state index in [4.69, 9.17) is 4.74 Å². The van der Waals surface area contributed by atoms with E-state index in [0.717, 1.165) is 0 Å². The number of benzene rings is 2. The number of esters is 1. The molecule has 1 atom stereocenters. The summed E-state index contributed by atoms with van der Waals surface area (Å²) in [6.07, 6.45) is -3.89. The van der Waals surface area contributed by atoms with E-state index in [1.165, 1.54) is 38.5 Å². The first kappa shape index (κ1) is 27.1. The van der Waals surface area contributed by atoms with Gasteiger partial charge in [0, 0.05) is 34.1 Å². The first-order valence-electron chi connectivity index (χ1n) is 11.2. The van der Waals surface area contributed by atoms with Gasteiger partial charge in [0.05, 0.1) is 14.2 Å². The van der Waals surface area contributed by atoms with E-state index in [-0.39, 0.29) is 18.5 Å². The molecular formula is C26H29F3N2O5. The van der Waals surface area contributed by atoms with Gasteiger partial charge in [0.25, 0.3) is 12.3 Å². The number of hydrogen-bond acceptors (Lipinski definition) is 5. The number of halogens is 3. The predicted molar refractivity (Wildman–Crippen MR) is 128 cm³/mol. The lowest BCUT2D eigenvalue weighted by molar-refractivity contribution is -0.139. The monoisotopic (exact) mass is 506 g/mol. The van der Waals surface area contributed by atoms with Gasteiger partial charge in [0.15, 0.2) is 0 Å². The number of fused-ring (bicyclic) bond motifs is 1. The molecule has 0 spiro atoms. The lowest BCUT2D eigenvalue weighted by Gasteiger charge is -2.36. The van der Waals surface area contributed by atoms with Crippen LogP contribution in [0, 0.1) is 5.82 Å². The highest BCUT2D eigenvalue weighted by atomic mass is 19.3. The van der Waals surface area contributed by atoms with Gasteiger partial charge in [-0.25, -0.2) is 13.2 Å². The van der Waals surface area contributed by atoms with Crippen molar-refractivity contribution in [2.45, 2.75) is 44.1 Å². The van der Waals surface area contributed by atoms with Gasteiger partial charge in [0.1, 0.15) is 23.7 Å². The molecule has 194 valence electrons. The van der Waals surface area contributed by atoms with Crippen molar-refractivity contribution in [3.05, 3.63) is 65.1 Å². The Morgan fingerprint density at radius 2 is 1.83 bits per heavy atom. The van der Waals surface area contributed by atoms with E-state index in [9.17, 15) is 27.9 Å². The molecule has 1 heterocycles. The van der Waals surface area contributed by atoms with Crippen molar-refractivity contribution >= 4 is 22.8 Å². The number of amides is 1. The van der Waals surface area contributed by atoms with Gasteiger partial charge in [-0.3, -0.25) is 9.59 Å². The molecule has 3 rings (SSSR count). The number of H-pyrrole nitrogens is 1. The summed E-state index contributed by atoms with van der Waals surface area (Å²) in [5, 5.41) is 14.1. The van der Waals surface area contributed by atoms with Crippen LogP contribution in [0.4, 0.5) is 13.2 Å². The first-order chi connectivity index (χ1) is 16.9. The van der Waals surface area contributed by atoms with Crippen LogP contribution in [0.2, 0.25) is 0 Å². The van der Waals surface area contributed by atoms with E-state index in [0.29, 0.717) is 27.9 Å². The lowest BCUT2D eigenvalue weighted by atomic mass is 9.73. The molecule has 0 saturated heterocycles. The fraction of sp³-hybridized carbons (Fsp3) is 0.385. The molecule has 0 aliphatic rings. The standard InChI is InChI=1S/C26H29F3N2O5/c1-25(2,19-11-17(27)6-8-21(19)35-3)14-26(34,24(28)29)12-18-10-16-9-15(5-7-20(16)31-18)23(33)30-13-22(32)36-4/h5-11,24,31,34H,12-14H2,1-4H3,(H,30,33). The summed E-state index contributed by atoms with van der Waals surface area (Å²) in [6, 6.07) is 10.1. The van der Waals surface area contributed by atoms with E-state index in [2.05, 4.69) is 15.0 Å². The molecule has 2 aromatic carbocycles. The van der Waals surface area contributed by atoms with Gasteiger partial charge in [-0.05, 0) is 54.3 Å². The first-order valence-corrected chi connectivity index (χ1v) is 11.2. The minimum atomic E-state index is -3.09. The average Bonchev–Trinajstić information content (AvgIpc) is 3.22. The van der Waals surface area contributed by atoms with Crippen molar-refractivity contribution in [1.82, 2.24) is 10.3 Å². The summed E-state index contributed by atoms with van der Waals surface area (Å²) in [7, 11) is 2.61. The molecule has 3 aromatic rings. The predicted octanol–water partition coefficient (Wildman–Crippen LogP) is 4.13. The second kappa shape index (κ2) is 10.6. The highest BCUT2D eigenvalue weighted by Crippen LogP contribution is 2.41. The number of aromatic nitrogens is 1. The quantitative estimate of drug-likeness (QED) is 0.359. The molecule has 0 radical (unpaired) electrons. The number of nitrogens with one attached hydrogen (secondary N) is 2. The summed E-state index contributed by atoms with van der Waals surface area (Å²) >= 11 is 0. The van der Waals surface area contributed by atoms with Crippen LogP contribution >= 0.6 is 0 Å². The molecule has 0 aliphatic carbocycles. The zero-order valence-corrected chi connectivity index (χ0v) is 20.5. The third-order valence-electron chi connectivity index (χ3n) is 6.10. The molecule has 10 heteroatoms. The lowest BCUT2D eigenvalue weighted by Crippen LogP contribution is -2.45. The van der Waals surface area contributed by atoms with Crippen LogP contribution in [0.3, 0.4) is 0 Å². The molecule has 1 unspecified atom stereocenters. The maximum absolute atomic E-state index is 14.2. The van der Waals surface area contributed by atoms with Gasteiger partial charge in [-0.15, -0.1) is 0 Å². The topological polar surface area (TPSA) is 101 Å². The van der Waals surface area contributed by atoms with E-state index < -0.39 is 41.6 Å². The van der Waals surface area contributed by atoms with Gasteiger partial charge in [-0.1, -0.05) is 13.8 Å². The van der Waals surface area contributed by atoms with E-state index >= 15 is 0 Å². The summed E-state index contributed by atoms with van der Waals surface area (Å²) in [5.74, 6) is -1.30. The molecule has 0 aliphatic heterocycles. The van der Waals surface area contributed by atoms with Crippen molar-refractivity contribution in [3.8, 4) is 5.75 Å². The Morgan fingerprint density at radius 3 is 2.47 bits per heavy atom. The van der Waals surface area contributed by atoms with Crippen molar-refractivity contribution in [2.24, 2.45) is 0 Å². The maximum Gasteiger partial charge on any atom is 0.325 e. The van der Waals surface area contributed by atoms with Crippen LogP contribution in [0.15, 0.2) is 42.5 Å². The van der Waals surface area contributed by atoms with E-state index in [1.807, 2.05) is 0 Å². The second-order valence-corrected chi connectivity index (χ2v) is 9.34. The molecule has 1 amide bonds. The van der Waals surface area contributed by atoms with Crippen molar-refractivity contribution in [3.63, 3.8) is 0 Å². The Bertz CT molecular complexity index is 1260. The van der Waals surface area contributed by atoms with Crippen LogP contribution < -0.4 is 10.1 Å². The van der Waals surface area contributed by atoms with Crippen molar-refractivity contribution in [2.75, 3.05) is 20.8 Å². The van der Waals surface area contributed by atoms with Crippen LogP contribution in [0.25, 0.3) is 10.9 Å². The average molecular weight is 507 g/mol. The van der Waals surface area contributed by atoms with Gasteiger partial charge in [-0.2, -0.15) is 0 Å². The van der Waals surface area contributed by atoms with E-state index in [1.54, 1.807) is 32.0 Å². The molecule has 36 heavy (non-hydrogen) atoms. The Hall–Kier alpha value is -3.53. The van der Waals surface area contributed by atoms with Crippen LogP contribution in [-0.2, 0) is 21.4 Å². The minimum Gasteiger partial charge on any atom is -0.496 e. The molecule has 1 aromatic heterocycles. The summed E-state index contributed by atoms with van der Waals surface area (Å²) < 4.78 is 52.2. The summed E-state index contributed by atoms with van der Waals surface area (Å²) in [4.78, 5) is 26.5. The minimum absolute atomic E-state index is 0.264. The van der Waals surface area contributed by atoms with Crippen LogP contribution in [0.5, 0.6) is 5.75 Å². The number of carbonyl (C=O) groups excluding carboxylic acids is 2. The summed E-state index contributed by atoms with van der Waals surface area (Å²) in [6.45, 7) is 2.99. The van der Waals surface area contributed by atoms with Gasteiger partial charge in [0.2, 0.25) is 0 Å². The van der Waals surface area contributed by atoms with Crippen LogP contribution in [0.1, 0.15) is 41.9 Å². The largest absolute Gasteiger partial charge is 0.496 e. The normalized spacial score (nSPS) is 13.5. The number of methoxy groups -OCH3 is 2. The molecule has 7 nitrogen and oxygen atoms in total. The fourth-order valence-electron chi connectivity index (χ4n) is 4.37. The number of alkyl halides is 2. The van der Waals surface area contributed by atoms with Crippen molar-refractivity contribution < 1.29 is 37.3 Å². The number of aliphatic hydroxyl groups is 1. The summed E-state index contributed by atoms with van der Waals surface area (Å²) in [5.41, 5.74) is -1.96. The van der Waals surface area contributed by atoms with Gasteiger partial charge < -0.3 is 24.9 Å². The second-order valence-electron chi connectivity index (χ2n) is 9.34. The number of aromatic amines is 1. The zero-order valence-electron chi connectivity index (χ0n) is 20.5. The smallest absolute Gasteiger partial charge is 0.325 e. The molecular weight excluding hydrogens is 477 g/mol. The van der Waals surface area contributed by atoms with Crippen LogP contribution in [-0.4, -0.2) is 54.8 Å². The Balaban J connectivity index is 1.85. The Morgan fingerprint density at radius 1 is 1.11 bits per heavy atom. The van der Waals surface area contributed by atoms with Gasteiger partial charge >= 0.3 is 5.97 Å². The Kier molecular flexibility index (Phi) is 7.98. The number of rotatable bonds is 10. The number of ether oxygens (including phenoxy) is 2. The van der Waals surface area contributed by atoms with Crippen molar-refractivity contribution in [1.29, 1.82) is 0 Å². The molecule has 0 saturated carbocycles. The highest BCUT2D eigenvalue weighted by Gasteiger charge is 2.44. The number of carbonyl (C=O) groups is 2. The molecule has 0 fully saturated rings.